The van der Waals surface area contributed by atoms with Gasteiger partial charge in [-0.25, -0.2) is 8.42 Å². The van der Waals surface area contributed by atoms with E-state index in [2.05, 4.69) is 5.32 Å². The summed E-state index contributed by atoms with van der Waals surface area (Å²) in [7, 11) is -4.19. The maximum absolute atomic E-state index is 14.1. The van der Waals surface area contributed by atoms with Gasteiger partial charge in [-0.15, -0.1) is 0 Å². The van der Waals surface area contributed by atoms with Gasteiger partial charge in [0.2, 0.25) is 11.8 Å². The number of rotatable bonds is 12. The number of benzene rings is 3. The van der Waals surface area contributed by atoms with Crippen LogP contribution < -0.4 is 9.62 Å². The third-order valence-electron chi connectivity index (χ3n) is 6.35. The zero-order valence-electron chi connectivity index (χ0n) is 23.1. The summed E-state index contributed by atoms with van der Waals surface area (Å²) < 4.78 is 28.8. The highest BCUT2D eigenvalue weighted by Gasteiger charge is 2.34. The van der Waals surface area contributed by atoms with Crippen LogP contribution >= 0.6 is 23.2 Å². The van der Waals surface area contributed by atoms with Crippen LogP contribution in [0, 0.1) is 12.8 Å². The van der Waals surface area contributed by atoms with Gasteiger partial charge in [-0.3, -0.25) is 13.9 Å². The number of anilines is 1. The number of aryl methyl sites for hydroxylation is 1. The van der Waals surface area contributed by atoms with E-state index in [1.165, 1.54) is 17.0 Å². The van der Waals surface area contributed by atoms with Gasteiger partial charge in [-0.05, 0) is 61.2 Å². The van der Waals surface area contributed by atoms with Gasteiger partial charge in [0.15, 0.2) is 0 Å². The Morgan fingerprint density at radius 2 is 1.55 bits per heavy atom. The van der Waals surface area contributed by atoms with E-state index in [0.29, 0.717) is 18.0 Å². The number of para-hydroxylation sites is 1. The highest BCUT2D eigenvalue weighted by Crippen LogP contribution is 2.31. The SMILES string of the molecule is CC[C@@H](C(=O)NCC(C)C)N(Cc1ccc(Cl)cc1)C(=O)CN(c1ccccc1Cl)S(=O)(=O)c1ccc(C)cc1. The Balaban J connectivity index is 2.05. The molecule has 3 rings (SSSR count). The normalized spacial score (nSPS) is 12.2. The van der Waals surface area contributed by atoms with Crippen molar-refractivity contribution in [1.82, 2.24) is 10.2 Å². The number of nitrogens with one attached hydrogen (secondary N) is 1. The summed E-state index contributed by atoms with van der Waals surface area (Å²) in [5.41, 5.74) is 1.81. The highest BCUT2D eigenvalue weighted by atomic mass is 35.5. The number of sulfonamides is 1. The first kappa shape index (κ1) is 31.5. The number of carbonyl (C=O) groups excluding carboxylic acids is 2. The van der Waals surface area contributed by atoms with Gasteiger partial charge in [-0.2, -0.15) is 0 Å². The number of carbonyl (C=O) groups is 2. The van der Waals surface area contributed by atoms with Crippen LogP contribution in [0.3, 0.4) is 0 Å². The summed E-state index contributed by atoms with van der Waals surface area (Å²) in [6.45, 7) is 7.62. The van der Waals surface area contributed by atoms with Crippen molar-refractivity contribution in [1.29, 1.82) is 0 Å². The van der Waals surface area contributed by atoms with Gasteiger partial charge in [0.1, 0.15) is 12.6 Å². The molecule has 10 heteroatoms. The second kappa shape index (κ2) is 14.0. The lowest BCUT2D eigenvalue weighted by Gasteiger charge is -2.33. The van der Waals surface area contributed by atoms with Crippen LogP contribution in [0.4, 0.5) is 5.69 Å². The van der Waals surface area contributed by atoms with Crippen molar-refractivity contribution in [2.75, 3.05) is 17.4 Å². The van der Waals surface area contributed by atoms with Crippen LogP contribution in [-0.2, 0) is 26.2 Å². The van der Waals surface area contributed by atoms with Gasteiger partial charge < -0.3 is 10.2 Å². The minimum atomic E-state index is -4.19. The number of nitrogens with zero attached hydrogens (tertiary/aromatic N) is 2. The van der Waals surface area contributed by atoms with Crippen molar-refractivity contribution >= 4 is 50.7 Å². The molecule has 0 aliphatic carbocycles. The lowest BCUT2D eigenvalue weighted by Crippen LogP contribution is -2.52. The molecule has 7 nitrogen and oxygen atoms in total. The van der Waals surface area contributed by atoms with E-state index in [1.54, 1.807) is 60.7 Å². The lowest BCUT2D eigenvalue weighted by molar-refractivity contribution is -0.140. The van der Waals surface area contributed by atoms with Gasteiger partial charge in [0, 0.05) is 18.1 Å². The molecule has 0 spiro atoms. The van der Waals surface area contributed by atoms with Crippen molar-refractivity contribution in [3.05, 3.63) is 94.0 Å². The third-order valence-corrected chi connectivity index (χ3v) is 8.69. The van der Waals surface area contributed by atoms with Crippen molar-refractivity contribution in [2.24, 2.45) is 5.92 Å². The Labute approximate surface area is 247 Å². The number of hydrogen-bond donors (Lipinski definition) is 1. The molecule has 0 radical (unpaired) electrons. The standard InChI is InChI=1S/C30H35Cl2N3O4S/c1-5-27(30(37)33-18-21(2)3)34(19-23-12-14-24(31)15-13-23)29(36)20-35(28-9-7-6-8-26(28)32)40(38,39)25-16-10-22(4)11-17-25/h6-17,21,27H,5,18-20H2,1-4H3,(H,33,37)/t27-/m0/s1. The molecule has 40 heavy (non-hydrogen) atoms. The van der Waals surface area contributed by atoms with E-state index in [4.69, 9.17) is 23.2 Å². The van der Waals surface area contributed by atoms with Crippen LogP contribution in [-0.4, -0.2) is 44.3 Å². The molecule has 0 saturated carbocycles. The summed E-state index contributed by atoms with van der Waals surface area (Å²) in [6.07, 6.45) is 0.333. The number of halogens is 2. The van der Waals surface area contributed by atoms with E-state index in [0.717, 1.165) is 15.4 Å². The number of amides is 2. The molecule has 0 heterocycles. The fourth-order valence-corrected chi connectivity index (χ4v) is 5.98. The maximum Gasteiger partial charge on any atom is 0.264 e. The minimum absolute atomic E-state index is 0.0248. The fraction of sp³-hybridized carbons (Fsp3) is 0.333. The molecule has 214 valence electrons. The average Bonchev–Trinajstić information content (AvgIpc) is 2.92. The first-order valence-corrected chi connectivity index (χ1v) is 15.3. The van der Waals surface area contributed by atoms with Crippen molar-refractivity contribution in [2.45, 2.75) is 51.6 Å². The lowest BCUT2D eigenvalue weighted by atomic mass is 10.1. The largest absolute Gasteiger partial charge is 0.354 e. The monoisotopic (exact) mass is 603 g/mol. The Morgan fingerprint density at radius 1 is 0.925 bits per heavy atom. The Bertz CT molecular complexity index is 1410. The van der Waals surface area contributed by atoms with E-state index in [9.17, 15) is 18.0 Å². The molecule has 0 aromatic heterocycles. The third kappa shape index (κ3) is 7.99. The quantitative estimate of drug-likeness (QED) is 0.272. The predicted octanol–water partition coefficient (Wildman–Crippen LogP) is 6.08. The second-order valence-electron chi connectivity index (χ2n) is 9.99. The molecule has 0 unspecified atom stereocenters. The predicted molar refractivity (Wildman–Crippen MR) is 161 cm³/mol. The Hall–Kier alpha value is -3.07. The van der Waals surface area contributed by atoms with Crippen LogP contribution in [0.1, 0.15) is 38.3 Å². The van der Waals surface area contributed by atoms with E-state index < -0.39 is 28.5 Å². The smallest absolute Gasteiger partial charge is 0.264 e. The molecular weight excluding hydrogens is 569 g/mol. The average molecular weight is 605 g/mol. The second-order valence-corrected chi connectivity index (χ2v) is 12.7. The molecule has 0 fully saturated rings. The molecule has 0 aliphatic rings. The Kier molecular flexibility index (Phi) is 11.0. The number of hydrogen-bond acceptors (Lipinski definition) is 4. The van der Waals surface area contributed by atoms with Gasteiger partial charge in [-0.1, -0.05) is 85.9 Å². The summed E-state index contributed by atoms with van der Waals surface area (Å²) >= 11 is 12.5. The first-order chi connectivity index (χ1) is 18.9. The molecule has 0 aliphatic heterocycles. The summed E-state index contributed by atoms with van der Waals surface area (Å²) in [5, 5.41) is 3.63. The molecular formula is C30H35Cl2N3O4S. The van der Waals surface area contributed by atoms with Crippen molar-refractivity contribution < 1.29 is 18.0 Å². The topological polar surface area (TPSA) is 86.8 Å². The molecule has 0 saturated heterocycles. The highest BCUT2D eigenvalue weighted by molar-refractivity contribution is 7.92. The van der Waals surface area contributed by atoms with E-state index in [1.807, 2.05) is 27.7 Å². The minimum Gasteiger partial charge on any atom is -0.354 e. The Morgan fingerprint density at radius 3 is 2.12 bits per heavy atom. The van der Waals surface area contributed by atoms with Crippen molar-refractivity contribution in [3.63, 3.8) is 0 Å². The zero-order valence-corrected chi connectivity index (χ0v) is 25.4. The molecule has 1 atom stereocenters. The summed E-state index contributed by atoms with van der Waals surface area (Å²) in [4.78, 5) is 28.8. The molecule has 0 bridgehead atoms. The van der Waals surface area contributed by atoms with Crippen LogP contribution in [0.2, 0.25) is 10.0 Å². The molecule has 3 aromatic carbocycles. The maximum atomic E-state index is 14.1. The van der Waals surface area contributed by atoms with E-state index >= 15 is 0 Å². The summed E-state index contributed by atoms with van der Waals surface area (Å²) in [5.74, 6) is -0.626. The van der Waals surface area contributed by atoms with Crippen LogP contribution in [0.25, 0.3) is 0 Å². The molecule has 3 aromatic rings. The molecule has 1 N–H and O–H groups in total. The van der Waals surface area contributed by atoms with Gasteiger partial charge in [0.05, 0.1) is 15.6 Å². The summed E-state index contributed by atoms with van der Waals surface area (Å²) in [6, 6.07) is 19.0. The van der Waals surface area contributed by atoms with Crippen LogP contribution in [0.15, 0.2) is 77.7 Å². The van der Waals surface area contributed by atoms with E-state index in [-0.39, 0.29) is 34.0 Å². The van der Waals surface area contributed by atoms with Gasteiger partial charge >= 0.3 is 0 Å². The fourth-order valence-electron chi connectivity index (χ4n) is 4.13. The molecule has 2 amide bonds. The first-order valence-electron chi connectivity index (χ1n) is 13.1. The van der Waals surface area contributed by atoms with Gasteiger partial charge in [0.25, 0.3) is 10.0 Å². The van der Waals surface area contributed by atoms with Crippen LogP contribution in [0.5, 0.6) is 0 Å². The zero-order chi connectivity index (χ0) is 29.4. The van der Waals surface area contributed by atoms with Crippen molar-refractivity contribution in [3.8, 4) is 0 Å².